The Hall–Kier alpha value is -2.37. The van der Waals surface area contributed by atoms with Crippen LogP contribution in [0.3, 0.4) is 0 Å². The molecule has 2 atom stereocenters. The summed E-state index contributed by atoms with van der Waals surface area (Å²) in [4.78, 5) is 0. The molecule has 140 valence electrons. The van der Waals surface area contributed by atoms with Crippen LogP contribution in [-0.4, -0.2) is 11.0 Å². The van der Waals surface area contributed by atoms with E-state index in [-0.39, 0.29) is 11.0 Å². The molecule has 1 nitrogen and oxygen atoms in total. The maximum atomic E-state index is 6.36. The zero-order valence-corrected chi connectivity index (χ0v) is 17.8. The first kappa shape index (κ1) is 17.7. The average molecular weight is 384 g/mol. The van der Waals surface area contributed by atoms with Crippen molar-refractivity contribution in [3.05, 3.63) is 72.8 Å². The summed E-state index contributed by atoms with van der Waals surface area (Å²) in [6.07, 6.45) is 0. The van der Waals surface area contributed by atoms with Crippen molar-refractivity contribution in [3.8, 4) is 16.9 Å². The molecule has 0 unspecified atom stereocenters. The third-order valence-corrected chi connectivity index (χ3v) is 8.89. The third kappa shape index (κ3) is 2.65. The molecule has 1 aliphatic heterocycles. The van der Waals surface area contributed by atoms with Gasteiger partial charge in [-0.3, -0.25) is 0 Å². The molecule has 0 bridgehead atoms. The van der Waals surface area contributed by atoms with E-state index in [1.54, 1.807) is 0 Å². The van der Waals surface area contributed by atoms with Crippen molar-refractivity contribution in [2.45, 2.75) is 38.7 Å². The first-order valence-electron chi connectivity index (χ1n) is 9.95. The SMILES string of the molecule is C[C@@H]1Oc2cccc(-c3c4ccccc4cc4ccccc34)c2[P@]1C(C)(C)C. The first-order chi connectivity index (χ1) is 13.4. The Morgan fingerprint density at radius 3 is 2.00 bits per heavy atom. The monoisotopic (exact) mass is 384 g/mol. The Morgan fingerprint density at radius 2 is 1.39 bits per heavy atom. The van der Waals surface area contributed by atoms with E-state index in [1.807, 2.05) is 0 Å². The van der Waals surface area contributed by atoms with E-state index >= 15 is 0 Å². The summed E-state index contributed by atoms with van der Waals surface area (Å²) >= 11 is 0. The Labute approximate surface area is 168 Å². The number of ether oxygens (including phenoxy) is 1. The van der Waals surface area contributed by atoms with Crippen molar-refractivity contribution >= 4 is 34.8 Å². The molecular formula is C26H25OP. The number of hydrogen-bond acceptors (Lipinski definition) is 1. The summed E-state index contributed by atoms with van der Waals surface area (Å²) in [7, 11) is -0.441. The molecule has 2 heteroatoms. The predicted molar refractivity (Wildman–Crippen MR) is 123 cm³/mol. The van der Waals surface area contributed by atoms with Crippen LogP contribution in [0.15, 0.2) is 72.8 Å². The zero-order chi connectivity index (χ0) is 19.5. The molecule has 0 amide bonds. The van der Waals surface area contributed by atoms with Gasteiger partial charge in [-0.25, -0.2) is 0 Å². The van der Waals surface area contributed by atoms with E-state index in [9.17, 15) is 0 Å². The van der Waals surface area contributed by atoms with Crippen molar-refractivity contribution in [1.29, 1.82) is 0 Å². The molecule has 28 heavy (non-hydrogen) atoms. The molecule has 0 radical (unpaired) electrons. The predicted octanol–water partition coefficient (Wildman–Crippen LogP) is 7.30. The van der Waals surface area contributed by atoms with Gasteiger partial charge in [-0.15, -0.1) is 0 Å². The van der Waals surface area contributed by atoms with Crippen LogP contribution in [0.25, 0.3) is 32.7 Å². The fraction of sp³-hybridized carbons (Fsp3) is 0.231. The van der Waals surface area contributed by atoms with Gasteiger partial charge >= 0.3 is 0 Å². The van der Waals surface area contributed by atoms with E-state index in [2.05, 4.69) is 100 Å². The van der Waals surface area contributed by atoms with Crippen molar-refractivity contribution in [1.82, 2.24) is 0 Å². The van der Waals surface area contributed by atoms with Crippen LogP contribution in [0.4, 0.5) is 0 Å². The summed E-state index contributed by atoms with van der Waals surface area (Å²) in [5.74, 6) is 1.32. The molecule has 0 saturated carbocycles. The summed E-state index contributed by atoms with van der Waals surface area (Å²) in [5, 5.41) is 6.84. The van der Waals surface area contributed by atoms with E-state index in [0.717, 1.165) is 5.75 Å². The highest BCUT2D eigenvalue weighted by Gasteiger charge is 2.41. The Morgan fingerprint density at radius 1 is 0.786 bits per heavy atom. The van der Waals surface area contributed by atoms with Gasteiger partial charge in [-0.1, -0.05) is 81.4 Å². The normalized spacial score (nSPS) is 19.0. The number of hydrogen-bond donors (Lipinski definition) is 0. The maximum Gasteiger partial charge on any atom is 0.128 e. The van der Waals surface area contributed by atoms with Crippen LogP contribution in [0, 0.1) is 0 Å². The van der Waals surface area contributed by atoms with E-state index in [0.29, 0.717) is 0 Å². The average Bonchev–Trinajstić information content (AvgIpc) is 3.02. The van der Waals surface area contributed by atoms with Crippen LogP contribution in [-0.2, 0) is 0 Å². The highest BCUT2D eigenvalue weighted by molar-refractivity contribution is 7.68. The fourth-order valence-corrected chi connectivity index (χ4v) is 7.83. The molecule has 0 spiro atoms. The van der Waals surface area contributed by atoms with Crippen molar-refractivity contribution < 1.29 is 4.74 Å². The van der Waals surface area contributed by atoms with Crippen LogP contribution < -0.4 is 10.0 Å². The van der Waals surface area contributed by atoms with Crippen LogP contribution in [0.5, 0.6) is 5.75 Å². The Balaban J connectivity index is 1.92. The molecular weight excluding hydrogens is 359 g/mol. The van der Waals surface area contributed by atoms with Gasteiger partial charge in [0.15, 0.2) is 0 Å². The highest BCUT2D eigenvalue weighted by Crippen LogP contribution is 2.60. The number of benzene rings is 4. The maximum absolute atomic E-state index is 6.36. The van der Waals surface area contributed by atoms with E-state index in [1.165, 1.54) is 38.0 Å². The summed E-state index contributed by atoms with van der Waals surface area (Å²) in [6, 6.07) is 26.4. The summed E-state index contributed by atoms with van der Waals surface area (Å²) in [5.41, 5.74) is 2.69. The molecule has 0 saturated heterocycles. The van der Waals surface area contributed by atoms with Gasteiger partial charge in [0.05, 0.1) is 0 Å². The lowest BCUT2D eigenvalue weighted by Crippen LogP contribution is -2.22. The smallest absolute Gasteiger partial charge is 0.128 e. The molecule has 5 rings (SSSR count). The molecule has 0 N–H and O–H groups in total. The largest absolute Gasteiger partial charge is 0.485 e. The Bertz CT molecular complexity index is 1150. The van der Waals surface area contributed by atoms with Crippen molar-refractivity contribution in [3.63, 3.8) is 0 Å². The highest BCUT2D eigenvalue weighted by atomic mass is 31.1. The second kappa shape index (κ2) is 6.33. The standard InChI is InChI=1S/C26H25OP/c1-17-27-23-15-9-14-22(25(23)28(17)26(2,3)4)24-20-12-7-5-10-18(20)16-19-11-6-8-13-21(19)24/h5-17H,1-4H3/t17-,28-/m1/s1. The quantitative estimate of drug-likeness (QED) is 0.247. The van der Waals surface area contributed by atoms with E-state index in [4.69, 9.17) is 4.74 Å². The molecule has 1 aliphatic rings. The second-order valence-electron chi connectivity index (χ2n) is 8.60. The molecule has 1 heterocycles. The van der Waals surface area contributed by atoms with Gasteiger partial charge < -0.3 is 4.74 Å². The summed E-state index contributed by atoms with van der Waals surface area (Å²) in [6.45, 7) is 9.30. The van der Waals surface area contributed by atoms with Gasteiger partial charge in [0.2, 0.25) is 0 Å². The van der Waals surface area contributed by atoms with E-state index < -0.39 is 7.92 Å². The van der Waals surface area contributed by atoms with Crippen molar-refractivity contribution in [2.24, 2.45) is 0 Å². The number of rotatable bonds is 1. The number of fused-ring (bicyclic) bond motifs is 3. The van der Waals surface area contributed by atoms with Gasteiger partial charge in [-0.2, -0.15) is 0 Å². The minimum Gasteiger partial charge on any atom is -0.485 e. The van der Waals surface area contributed by atoms with Crippen LogP contribution >= 0.6 is 7.92 Å². The Kier molecular flexibility index (Phi) is 4.00. The first-order valence-corrected chi connectivity index (χ1v) is 11.4. The summed E-state index contributed by atoms with van der Waals surface area (Å²) < 4.78 is 6.36. The second-order valence-corrected chi connectivity index (χ2v) is 11.9. The minimum absolute atomic E-state index is 0.191. The minimum atomic E-state index is -0.441. The van der Waals surface area contributed by atoms with Gasteiger partial charge in [0, 0.05) is 5.30 Å². The van der Waals surface area contributed by atoms with Gasteiger partial charge in [0.25, 0.3) is 0 Å². The fourth-order valence-electron chi connectivity index (χ4n) is 4.67. The molecule has 4 aromatic carbocycles. The van der Waals surface area contributed by atoms with Gasteiger partial charge in [-0.05, 0) is 64.8 Å². The van der Waals surface area contributed by atoms with Crippen LogP contribution in [0.1, 0.15) is 27.7 Å². The van der Waals surface area contributed by atoms with Crippen LogP contribution in [0.2, 0.25) is 0 Å². The molecule has 4 aromatic rings. The molecule has 0 fully saturated rings. The lowest BCUT2D eigenvalue weighted by atomic mass is 9.92. The van der Waals surface area contributed by atoms with Crippen molar-refractivity contribution in [2.75, 3.05) is 0 Å². The van der Waals surface area contributed by atoms with Gasteiger partial charge in [0.1, 0.15) is 11.6 Å². The molecule has 0 aromatic heterocycles. The lowest BCUT2D eigenvalue weighted by molar-refractivity contribution is 0.313. The lowest BCUT2D eigenvalue weighted by Gasteiger charge is -2.31. The topological polar surface area (TPSA) is 9.23 Å². The molecule has 0 aliphatic carbocycles. The third-order valence-electron chi connectivity index (χ3n) is 5.66. The zero-order valence-electron chi connectivity index (χ0n) is 16.9.